The van der Waals surface area contributed by atoms with Crippen LogP contribution in [0, 0.1) is 0 Å². The fraction of sp³-hybridized carbons (Fsp3) is 0.857. The highest BCUT2D eigenvalue weighted by molar-refractivity contribution is 5.74. The van der Waals surface area contributed by atoms with E-state index < -0.39 is 6.09 Å². The first-order valence-corrected chi connectivity index (χ1v) is 7.06. The third-order valence-corrected chi connectivity index (χ3v) is 2.86. The van der Waals surface area contributed by atoms with Crippen LogP contribution in [0.15, 0.2) is 4.99 Å². The maximum absolute atomic E-state index is 10.7. The van der Waals surface area contributed by atoms with Gasteiger partial charge in [-0.2, -0.15) is 0 Å². The molecule has 0 atom stereocenters. The van der Waals surface area contributed by atoms with Gasteiger partial charge in [0.25, 0.3) is 0 Å². The van der Waals surface area contributed by atoms with E-state index in [2.05, 4.69) is 16.7 Å². The Morgan fingerprint density at radius 2 is 1.44 bits per heavy atom. The lowest BCUT2D eigenvalue weighted by atomic mass is 10.1. The Balaban J connectivity index is 3.07. The van der Waals surface area contributed by atoms with Gasteiger partial charge in [0, 0.05) is 0 Å². The lowest BCUT2D eigenvalue weighted by molar-refractivity contribution is 0.155. The van der Waals surface area contributed by atoms with Gasteiger partial charge in [-0.25, -0.2) is 9.59 Å². The normalized spacial score (nSPS) is 9.83. The van der Waals surface area contributed by atoms with Crippen LogP contribution in [0.4, 0.5) is 4.79 Å². The molecule has 0 saturated heterocycles. The number of nitrogens with zero attached hydrogens (tertiary/aromatic N) is 1. The van der Waals surface area contributed by atoms with Crippen LogP contribution in [0.3, 0.4) is 0 Å². The van der Waals surface area contributed by atoms with Gasteiger partial charge >= 0.3 is 6.09 Å². The van der Waals surface area contributed by atoms with Gasteiger partial charge in [-0.05, 0) is 6.42 Å². The summed E-state index contributed by atoms with van der Waals surface area (Å²) in [5.74, 6) is 0. The van der Waals surface area contributed by atoms with Crippen molar-refractivity contribution < 1.29 is 14.3 Å². The van der Waals surface area contributed by atoms with Gasteiger partial charge in [-0.1, -0.05) is 69.7 Å². The summed E-state index contributed by atoms with van der Waals surface area (Å²) in [5, 5.41) is 0. The Morgan fingerprint density at radius 1 is 0.944 bits per heavy atom. The molecule has 0 aromatic rings. The fourth-order valence-electron chi connectivity index (χ4n) is 1.82. The van der Waals surface area contributed by atoms with Gasteiger partial charge in [0.2, 0.25) is 6.08 Å². The van der Waals surface area contributed by atoms with E-state index in [1.807, 2.05) is 0 Å². The molecule has 104 valence electrons. The Kier molecular flexibility index (Phi) is 13.0. The van der Waals surface area contributed by atoms with E-state index in [4.69, 9.17) is 0 Å². The van der Waals surface area contributed by atoms with Gasteiger partial charge in [-0.15, -0.1) is 0 Å². The lowest BCUT2D eigenvalue weighted by Gasteiger charge is -2.02. The van der Waals surface area contributed by atoms with Gasteiger partial charge in [0.15, 0.2) is 0 Å². The molecule has 0 heterocycles. The summed E-state index contributed by atoms with van der Waals surface area (Å²) in [6, 6.07) is 0. The monoisotopic (exact) mass is 255 g/mol. The number of carbonyl (C=O) groups is 1. The van der Waals surface area contributed by atoms with Crippen LogP contribution in [-0.2, 0) is 9.53 Å². The van der Waals surface area contributed by atoms with Gasteiger partial charge in [0.1, 0.15) is 0 Å². The minimum absolute atomic E-state index is 0.348. The molecule has 0 spiro atoms. The van der Waals surface area contributed by atoms with E-state index in [0.29, 0.717) is 6.61 Å². The van der Waals surface area contributed by atoms with Crippen molar-refractivity contribution in [2.45, 2.75) is 71.1 Å². The molecule has 18 heavy (non-hydrogen) atoms. The number of aliphatic imine (C=N–C) groups is 1. The molecular formula is C14H25NO3. The molecule has 0 aliphatic carbocycles. The third kappa shape index (κ3) is 12.9. The number of amides is 1. The van der Waals surface area contributed by atoms with Gasteiger partial charge in [-0.3, -0.25) is 0 Å². The third-order valence-electron chi connectivity index (χ3n) is 2.86. The molecule has 0 saturated carbocycles. The van der Waals surface area contributed by atoms with E-state index in [9.17, 15) is 9.59 Å². The second-order valence-electron chi connectivity index (χ2n) is 4.50. The molecule has 0 bridgehead atoms. The average molecular weight is 255 g/mol. The molecule has 4 heteroatoms. The highest BCUT2D eigenvalue weighted by Gasteiger charge is 1.98. The Hall–Kier alpha value is -1.15. The predicted molar refractivity (Wildman–Crippen MR) is 71.3 cm³/mol. The van der Waals surface area contributed by atoms with Crippen LogP contribution in [-0.4, -0.2) is 18.8 Å². The number of hydrogen-bond acceptors (Lipinski definition) is 3. The zero-order valence-electron chi connectivity index (χ0n) is 11.5. The standard InChI is InChI=1S/C14H25NO3/c1-2-3-4-5-6-7-8-9-10-11-12-18-14(17)15-13-16/h2-12H2,1H3. The molecule has 0 rings (SSSR count). The van der Waals surface area contributed by atoms with E-state index in [0.717, 1.165) is 18.9 Å². The Morgan fingerprint density at radius 3 is 1.94 bits per heavy atom. The van der Waals surface area contributed by atoms with E-state index >= 15 is 0 Å². The van der Waals surface area contributed by atoms with Crippen LogP contribution in [0.5, 0.6) is 0 Å². The minimum Gasteiger partial charge on any atom is -0.447 e. The van der Waals surface area contributed by atoms with Crippen LogP contribution >= 0.6 is 0 Å². The van der Waals surface area contributed by atoms with Gasteiger partial charge < -0.3 is 4.74 Å². The number of isocyanates is 1. The average Bonchev–Trinajstić information content (AvgIpc) is 2.36. The van der Waals surface area contributed by atoms with Crippen LogP contribution < -0.4 is 0 Å². The molecule has 4 nitrogen and oxygen atoms in total. The molecular weight excluding hydrogens is 230 g/mol. The molecule has 0 N–H and O–H groups in total. The zero-order valence-corrected chi connectivity index (χ0v) is 11.5. The topological polar surface area (TPSA) is 55.7 Å². The molecule has 1 amide bonds. The first-order valence-electron chi connectivity index (χ1n) is 7.06. The van der Waals surface area contributed by atoms with Crippen molar-refractivity contribution in [3.05, 3.63) is 0 Å². The number of ether oxygens (including phenoxy) is 1. The summed E-state index contributed by atoms with van der Waals surface area (Å²) < 4.78 is 4.69. The van der Waals surface area contributed by atoms with Crippen LogP contribution in [0.2, 0.25) is 0 Å². The summed E-state index contributed by atoms with van der Waals surface area (Å²) >= 11 is 0. The number of hydrogen-bond donors (Lipinski definition) is 0. The summed E-state index contributed by atoms with van der Waals surface area (Å²) in [4.78, 5) is 23.2. The van der Waals surface area contributed by atoms with Crippen LogP contribution in [0.25, 0.3) is 0 Å². The molecule has 0 aliphatic rings. The maximum Gasteiger partial charge on any atom is 0.444 e. The summed E-state index contributed by atoms with van der Waals surface area (Å²) in [7, 11) is 0. The van der Waals surface area contributed by atoms with Crippen molar-refractivity contribution in [2.24, 2.45) is 4.99 Å². The molecule has 0 fully saturated rings. The molecule has 0 aromatic carbocycles. The van der Waals surface area contributed by atoms with Gasteiger partial charge in [0.05, 0.1) is 6.61 Å². The van der Waals surface area contributed by atoms with Crippen molar-refractivity contribution >= 4 is 12.2 Å². The second-order valence-corrected chi connectivity index (χ2v) is 4.50. The molecule has 0 aliphatic heterocycles. The Bertz CT molecular complexity index is 247. The first kappa shape index (κ1) is 16.9. The van der Waals surface area contributed by atoms with Crippen molar-refractivity contribution in [1.82, 2.24) is 0 Å². The predicted octanol–water partition coefficient (Wildman–Crippen LogP) is 4.38. The van der Waals surface area contributed by atoms with E-state index in [1.54, 1.807) is 0 Å². The summed E-state index contributed by atoms with van der Waals surface area (Å²) in [6.45, 7) is 2.58. The number of carbonyl (C=O) groups excluding carboxylic acids is 2. The smallest absolute Gasteiger partial charge is 0.444 e. The van der Waals surface area contributed by atoms with Crippen molar-refractivity contribution in [3.8, 4) is 0 Å². The SMILES string of the molecule is CCCCCCCCCCCCOC(=O)N=C=O. The molecule has 0 unspecified atom stereocenters. The quantitative estimate of drug-likeness (QED) is 0.313. The highest BCUT2D eigenvalue weighted by atomic mass is 16.5. The largest absolute Gasteiger partial charge is 0.447 e. The first-order chi connectivity index (χ1) is 8.81. The fourth-order valence-corrected chi connectivity index (χ4v) is 1.82. The highest BCUT2D eigenvalue weighted by Crippen LogP contribution is 2.10. The zero-order chi connectivity index (χ0) is 13.5. The second kappa shape index (κ2) is 13.9. The Labute approximate surface area is 110 Å². The number of rotatable bonds is 11. The van der Waals surface area contributed by atoms with E-state index in [1.165, 1.54) is 51.4 Å². The summed E-state index contributed by atoms with van der Waals surface area (Å²) in [5.41, 5.74) is 0. The lowest BCUT2D eigenvalue weighted by Crippen LogP contribution is -2.00. The minimum atomic E-state index is -0.832. The summed E-state index contributed by atoms with van der Waals surface area (Å²) in [6.07, 6.45) is 12.7. The van der Waals surface area contributed by atoms with Crippen molar-refractivity contribution in [3.63, 3.8) is 0 Å². The van der Waals surface area contributed by atoms with Crippen molar-refractivity contribution in [1.29, 1.82) is 0 Å². The van der Waals surface area contributed by atoms with Crippen molar-refractivity contribution in [2.75, 3.05) is 6.61 Å². The molecule has 0 radical (unpaired) electrons. The van der Waals surface area contributed by atoms with Crippen LogP contribution in [0.1, 0.15) is 71.1 Å². The number of unbranched alkanes of at least 4 members (excludes halogenated alkanes) is 9. The maximum atomic E-state index is 10.7. The molecule has 0 aromatic heterocycles. The van der Waals surface area contributed by atoms with E-state index in [-0.39, 0.29) is 0 Å².